The van der Waals surface area contributed by atoms with Gasteiger partial charge < -0.3 is 5.32 Å². The van der Waals surface area contributed by atoms with E-state index in [0.29, 0.717) is 0 Å². The standard InChI is InChI=1S/C15H18N2/c1-12-4-3-5-14(8-12)10-16-11-15-7-6-13(2)9-17-15/h3-9,16H,10-11H2,1-2H3. The summed E-state index contributed by atoms with van der Waals surface area (Å²) in [6.07, 6.45) is 1.91. The molecule has 17 heavy (non-hydrogen) atoms. The first kappa shape index (κ1) is 11.8. The zero-order chi connectivity index (χ0) is 12.1. The molecule has 0 aliphatic heterocycles. The zero-order valence-electron chi connectivity index (χ0n) is 10.4. The van der Waals surface area contributed by atoms with Gasteiger partial charge >= 0.3 is 0 Å². The van der Waals surface area contributed by atoms with Crippen LogP contribution in [0.25, 0.3) is 0 Å². The molecule has 0 bridgehead atoms. The maximum absolute atomic E-state index is 4.36. The van der Waals surface area contributed by atoms with Crippen LogP contribution in [0.1, 0.15) is 22.4 Å². The second kappa shape index (κ2) is 5.60. The lowest BCUT2D eigenvalue weighted by molar-refractivity contribution is 0.679. The van der Waals surface area contributed by atoms with Crippen molar-refractivity contribution in [3.05, 3.63) is 65.0 Å². The molecule has 0 saturated carbocycles. The quantitative estimate of drug-likeness (QED) is 0.867. The van der Waals surface area contributed by atoms with Crippen LogP contribution in [0.3, 0.4) is 0 Å². The highest BCUT2D eigenvalue weighted by Crippen LogP contribution is 2.04. The van der Waals surface area contributed by atoms with Crippen LogP contribution in [0.2, 0.25) is 0 Å². The molecule has 2 nitrogen and oxygen atoms in total. The molecular weight excluding hydrogens is 208 g/mol. The SMILES string of the molecule is Cc1ccc(CNCc2cccc(C)c2)nc1. The molecule has 0 spiro atoms. The van der Waals surface area contributed by atoms with Gasteiger partial charge in [-0.1, -0.05) is 35.9 Å². The fourth-order valence-electron chi connectivity index (χ4n) is 1.76. The average molecular weight is 226 g/mol. The largest absolute Gasteiger partial charge is 0.307 e. The molecule has 0 fully saturated rings. The van der Waals surface area contributed by atoms with Gasteiger partial charge in [0.05, 0.1) is 5.69 Å². The minimum atomic E-state index is 0.814. The Morgan fingerprint density at radius 1 is 1.00 bits per heavy atom. The minimum Gasteiger partial charge on any atom is -0.307 e. The Labute approximate surface area is 103 Å². The van der Waals surface area contributed by atoms with E-state index in [0.717, 1.165) is 18.8 Å². The molecule has 0 atom stereocenters. The minimum absolute atomic E-state index is 0.814. The van der Waals surface area contributed by atoms with Gasteiger partial charge in [-0.15, -0.1) is 0 Å². The van der Waals surface area contributed by atoms with Crippen molar-refractivity contribution in [2.75, 3.05) is 0 Å². The lowest BCUT2D eigenvalue weighted by atomic mass is 10.1. The Hall–Kier alpha value is -1.67. The van der Waals surface area contributed by atoms with Gasteiger partial charge in [0.1, 0.15) is 0 Å². The van der Waals surface area contributed by atoms with Crippen molar-refractivity contribution in [3.63, 3.8) is 0 Å². The maximum atomic E-state index is 4.36. The van der Waals surface area contributed by atoms with Crippen LogP contribution in [0.5, 0.6) is 0 Å². The third-order valence-electron chi connectivity index (χ3n) is 2.69. The predicted molar refractivity (Wildman–Crippen MR) is 70.7 cm³/mol. The summed E-state index contributed by atoms with van der Waals surface area (Å²) in [7, 11) is 0. The number of benzene rings is 1. The van der Waals surface area contributed by atoms with E-state index in [-0.39, 0.29) is 0 Å². The van der Waals surface area contributed by atoms with E-state index in [1.165, 1.54) is 16.7 Å². The summed E-state index contributed by atoms with van der Waals surface area (Å²) < 4.78 is 0. The molecule has 88 valence electrons. The number of hydrogen-bond donors (Lipinski definition) is 1. The summed E-state index contributed by atoms with van der Waals surface area (Å²) in [5.41, 5.74) is 4.91. The average Bonchev–Trinajstić information content (AvgIpc) is 2.32. The molecule has 0 unspecified atom stereocenters. The highest BCUT2D eigenvalue weighted by atomic mass is 14.9. The highest BCUT2D eigenvalue weighted by molar-refractivity contribution is 5.22. The van der Waals surface area contributed by atoms with Crippen LogP contribution in [0.4, 0.5) is 0 Å². The number of nitrogens with one attached hydrogen (secondary N) is 1. The third kappa shape index (κ3) is 3.68. The van der Waals surface area contributed by atoms with Crippen molar-refractivity contribution in [1.29, 1.82) is 0 Å². The molecule has 0 amide bonds. The van der Waals surface area contributed by atoms with Crippen molar-refractivity contribution in [3.8, 4) is 0 Å². The van der Waals surface area contributed by atoms with Crippen LogP contribution in [-0.2, 0) is 13.1 Å². The summed E-state index contributed by atoms with van der Waals surface area (Å²) in [6, 6.07) is 12.7. The fraction of sp³-hybridized carbons (Fsp3) is 0.267. The van der Waals surface area contributed by atoms with Crippen LogP contribution >= 0.6 is 0 Å². The summed E-state index contributed by atoms with van der Waals surface area (Å²) in [5.74, 6) is 0. The van der Waals surface area contributed by atoms with Gasteiger partial charge in [0.15, 0.2) is 0 Å². The molecule has 1 heterocycles. The molecule has 0 aliphatic carbocycles. The van der Waals surface area contributed by atoms with Gasteiger partial charge in [-0.05, 0) is 31.0 Å². The van der Waals surface area contributed by atoms with Gasteiger partial charge in [-0.25, -0.2) is 0 Å². The number of aromatic nitrogens is 1. The van der Waals surface area contributed by atoms with Crippen LogP contribution in [0.15, 0.2) is 42.6 Å². The Bertz CT molecular complexity index is 475. The fourth-order valence-corrected chi connectivity index (χ4v) is 1.76. The number of nitrogens with zero attached hydrogens (tertiary/aromatic N) is 1. The Balaban J connectivity index is 1.85. The molecule has 1 N–H and O–H groups in total. The number of rotatable bonds is 4. The molecule has 0 aliphatic rings. The lowest BCUT2D eigenvalue weighted by Crippen LogP contribution is -2.13. The monoisotopic (exact) mass is 226 g/mol. The lowest BCUT2D eigenvalue weighted by Gasteiger charge is -2.05. The molecule has 2 heteroatoms. The van der Waals surface area contributed by atoms with Crippen molar-refractivity contribution in [1.82, 2.24) is 10.3 Å². The predicted octanol–water partition coefficient (Wildman–Crippen LogP) is 2.99. The van der Waals surface area contributed by atoms with E-state index < -0.39 is 0 Å². The van der Waals surface area contributed by atoms with Crippen molar-refractivity contribution >= 4 is 0 Å². The first-order valence-electron chi connectivity index (χ1n) is 5.92. The van der Waals surface area contributed by atoms with E-state index in [2.05, 4.69) is 60.5 Å². The van der Waals surface area contributed by atoms with E-state index in [9.17, 15) is 0 Å². The van der Waals surface area contributed by atoms with Crippen molar-refractivity contribution < 1.29 is 0 Å². The molecule has 0 radical (unpaired) electrons. The van der Waals surface area contributed by atoms with Crippen molar-refractivity contribution in [2.45, 2.75) is 26.9 Å². The van der Waals surface area contributed by atoms with Crippen molar-refractivity contribution in [2.24, 2.45) is 0 Å². The molecular formula is C15H18N2. The van der Waals surface area contributed by atoms with E-state index >= 15 is 0 Å². The second-order valence-electron chi connectivity index (χ2n) is 4.42. The number of aryl methyl sites for hydroxylation is 2. The van der Waals surface area contributed by atoms with Gasteiger partial charge in [0.2, 0.25) is 0 Å². The summed E-state index contributed by atoms with van der Waals surface area (Å²) in [4.78, 5) is 4.36. The molecule has 1 aromatic heterocycles. The first-order chi connectivity index (χ1) is 8.24. The summed E-state index contributed by atoms with van der Waals surface area (Å²) in [6.45, 7) is 5.87. The van der Waals surface area contributed by atoms with E-state index in [1.807, 2.05) is 6.20 Å². The number of pyridine rings is 1. The van der Waals surface area contributed by atoms with Gasteiger partial charge in [-0.2, -0.15) is 0 Å². The van der Waals surface area contributed by atoms with Crippen LogP contribution in [-0.4, -0.2) is 4.98 Å². The smallest absolute Gasteiger partial charge is 0.0541 e. The highest BCUT2D eigenvalue weighted by Gasteiger charge is 1.95. The normalized spacial score (nSPS) is 10.5. The topological polar surface area (TPSA) is 24.9 Å². The molecule has 0 saturated heterocycles. The zero-order valence-corrected chi connectivity index (χ0v) is 10.4. The van der Waals surface area contributed by atoms with Gasteiger partial charge in [0.25, 0.3) is 0 Å². The first-order valence-corrected chi connectivity index (χ1v) is 5.92. The Morgan fingerprint density at radius 2 is 1.88 bits per heavy atom. The van der Waals surface area contributed by atoms with E-state index in [1.54, 1.807) is 0 Å². The van der Waals surface area contributed by atoms with E-state index in [4.69, 9.17) is 0 Å². The molecule has 2 aromatic rings. The molecule has 2 rings (SSSR count). The van der Waals surface area contributed by atoms with Gasteiger partial charge in [0, 0.05) is 19.3 Å². The summed E-state index contributed by atoms with van der Waals surface area (Å²) in [5, 5.41) is 3.40. The van der Waals surface area contributed by atoms with Crippen LogP contribution in [0, 0.1) is 13.8 Å². The van der Waals surface area contributed by atoms with Gasteiger partial charge in [-0.3, -0.25) is 4.98 Å². The number of hydrogen-bond acceptors (Lipinski definition) is 2. The van der Waals surface area contributed by atoms with Crippen LogP contribution < -0.4 is 5.32 Å². The Morgan fingerprint density at radius 3 is 2.59 bits per heavy atom. The second-order valence-corrected chi connectivity index (χ2v) is 4.42. The molecule has 1 aromatic carbocycles. The Kier molecular flexibility index (Phi) is 3.89. The third-order valence-corrected chi connectivity index (χ3v) is 2.69. The summed E-state index contributed by atoms with van der Waals surface area (Å²) >= 11 is 0. The maximum Gasteiger partial charge on any atom is 0.0541 e.